The van der Waals surface area contributed by atoms with Crippen LogP contribution in [0.15, 0.2) is 49.6 Å². The summed E-state index contributed by atoms with van der Waals surface area (Å²) in [6.45, 7) is 19.8. The normalized spacial score (nSPS) is 27.3. The zero-order chi connectivity index (χ0) is 32.2. The second-order valence-corrected chi connectivity index (χ2v) is 14.8. The lowest BCUT2D eigenvalue weighted by atomic mass is 9.65. The number of benzene rings is 1. The summed E-state index contributed by atoms with van der Waals surface area (Å²) in [6, 6.07) is 6.82. The third-order valence-corrected chi connectivity index (χ3v) is 11.6. The molecule has 1 aromatic carbocycles. The predicted molar refractivity (Wildman–Crippen MR) is 178 cm³/mol. The van der Waals surface area contributed by atoms with Crippen molar-refractivity contribution in [2.75, 3.05) is 37.7 Å². The molecule has 4 rings (SSSR count). The molecule has 1 aromatic rings. The summed E-state index contributed by atoms with van der Waals surface area (Å²) >= 11 is 1.71. The molecule has 6 atom stereocenters. The van der Waals surface area contributed by atoms with Crippen LogP contribution in [0.2, 0.25) is 0 Å². The molecule has 9 heteroatoms. The van der Waals surface area contributed by atoms with Gasteiger partial charge in [-0.1, -0.05) is 31.9 Å². The van der Waals surface area contributed by atoms with Gasteiger partial charge in [0.25, 0.3) is 0 Å². The minimum atomic E-state index is -0.687. The molecule has 3 heterocycles. The number of aliphatic hydroxyl groups excluding tert-OH is 1. The Hall–Kier alpha value is -2.78. The Bertz CT molecular complexity index is 1210. The number of anilines is 1. The number of likely N-dealkylation sites (tertiary alicyclic amines) is 1. The van der Waals surface area contributed by atoms with Gasteiger partial charge in [0.2, 0.25) is 17.7 Å². The number of amides is 3. The second kappa shape index (κ2) is 14.1. The first-order valence-electron chi connectivity index (χ1n) is 16.1. The summed E-state index contributed by atoms with van der Waals surface area (Å²) in [6.07, 6.45) is 7.42. The van der Waals surface area contributed by atoms with Crippen molar-refractivity contribution in [2.24, 2.45) is 17.8 Å². The molecule has 0 aliphatic carbocycles. The highest BCUT2D eigenvalue weighted by atomic mass is 32.2. The van der Waals surface area contributed by atoms with Gasteiger partial charge in [0.1, 0.15) is 11.8 Å². The van der Waals surface area contributed by atoms with Crippen molar-refractivity contribution in [2.45, 2.75) is 88.3 Å². The number of rotatable bonds is 15. The fraction of sp³-hybridized carbons (Fsp3) is 0.629. The van der Waals surface area contributed by atoms with E-state index in [0.29, 0.717) is 26.2 Å². The Labute approximate surface area is 267 Å². The maximum atomic E-state index is 14.7. The molecule has 1 N–H and O–H groups in total. The van der Waals surface area contributed by atoms with Crippen molar-refractivity contribution in [3.63, 3.8) is 0 Å². The molecule has 0 saturated carbocycles. The van der Waals surface area contributed by atoms with Crippen LogP contribution in [0.4, 0.5) is 5.69 Å². The number of hydrogen-bond acceptors (Lipinski definition) is 6. The number of carbonyl (C=O) groups is 3. The highest BCUT2D eigenvalue weighted by molar-refractivity contribution is 8.02. The van der Waals surface area contributed by atoms with E-state index in [1.807, 2.05) is 61.8 Å². The van der Waals surface area contributed by atoms with E-state index in [9.17, 15) is 19.5 Å². The summed E-state index contributed by atoms with van der Waals surface area (Å²) < 4.78 is 4.92. The first kappa shape index (κ1) is 34.1. The number of fused-ring (bicyclic) bond motifs is 1. The second-order valence-electron chi connectivity index (χ2n) is 13.3. The van der Waals surface area contributed by atoms with Crippen LogP contribution < -0.4 is 9.64 Å². The lowest BCUT2D eigenvalue weighted by Gasteiger charge is -2.44. The van der Waals surface area contributed by atoms with Crippen LogP contribution >= 0.6 is 11.8 Å². The fourth-order valence-corrected chi connectivity index (χ4v) is 9.97. The Balaban J connectivity index is 1.74. The zero-order valence-corrected chi connectivity index (χ0v) is 28.0. The topological polar surface area (TPSA) is 90.4 Å². The van der Waals surface area contributed by atoms with Crippen molar-refractivity contribution in [1.29, 1.82) is 0 Å². The van der Waals surface area contributed by atoms with Crippen LogP contribution in [0.3, 0.4) is 0 Å². The number of nitrogens with zero attached hydrogens (tertiary/aromatic N) is 3. The summed E-state index contributed by atoms with van der Waals surface area (Å²) in [4.78, 5) is 49.2. The molecule has 8 nitrogen and oxygen atoms in total. The molecule has 3 fully saturated rings. The number of carbonyl (C=O) groups excluding carboxylic acids is 3. The van der Waals surface area contributed by atoms with E-state index in [0.717, 1.165) is 43.5 Å². The lowest BCUT2D eigenvalue weighted by molar-refractivity contribution is -0.145. The molecule has 242 valence electrons. The van der Waals surface area contributed by atoms with Crippen LogP contribution in [0.25, 0.3) is 0 Å². The van der Waals surface area contributed by atoms with Crippen LogP contribution in [0, 0.1) is 17.8 Å². The van der Waals surface area contributed by atoms with Gasteiger partial charge in [-0.15, -0.1) is 24.9 Å². The molecule has 3 aliphatic rings. The van der Waals surface area contributed by atoms with E-state index in [-0.39, 0.29) is 35.5 Å². The Kier molecular flexibility index (Phi) is 10.9. The van der Waals surface area contributed by atoms with E-state index >= 15 is 0 Å². The Morgan fingerprint density at radius 3 is 2.34 bits per heavy atom. The molecule has 0 aromatic heterocycles. The number of hydrogen-bond donors (Lipinski definition) is 1. The molecule has 3 aliphatic heterocycles. The van der Waals surface area contributed by atoms with Crippen LogP contribution in [-0.4, -0.2) is 87.1 Å². The number of aliphatic hydroxyl groups is 1. The standard InChI is InChI=1S/C35H51N3O5S/c1-8-19-36(25-15-17-26(18-16-25)43-10-3)31(40)28-27-23-24(4)35(44-27)29(28)32(41)37(21-13-11-12-14-22-39)30(35)33(42)38(20-9-2)34(5,6)7/h8-9,15-18,24,27-30,39H,1-2,10-14,19-23H2,3-7H3/t24?,27-,28+,29-,30?,35?/m0/s1. The Morgan fingerprint density at radius 1 is 1.09 bits per heavy atom. The van der Waals surface area contributed by atoms with Gasteiger partial charge >= 0.3 is 0 Å². The van der Waals surface area contributed by atoms with Gasteiger partial charge < -0.3 is 24.5 Å². The largest absolute Gasteiger partial charge is 0.494 e. The molecular weight excluding hydrogens is 574 g/mol. The maximum absolute atomic E-state index is 14.7. The average Bonchev–Trinajstić information content (AvgIpc) is 3.57. The fourth-order valence-electron chi connectivity index (χ4n) is 7.56. The molecule has 0 radical (unpaired) electrons. The van der Waals surface area contributed by atoms with E-state index in [4.69, 9.17) is 4.74 Å². The summed E-state index contributed by atoms with van der Waals surface area (Å²) in [5.41, 5.74) is 0.265. The van der Waals surface area contributed by atoms with Gasteiger partial charge in [-0.3, -0.25) is 14.4 Å². The molecular formula is C35H51N3O5S. The SMILES string of the molecule is C=CCN(C(=O)[C@@H]1[C@@H]2CC(C)C3(S2)C(C(=O)N(CC=C)C(C)(C)C)N(CCCCCCO)C(=O)[C@H]13)c1ccc(OCC)cc1. The van der Waals surface area contributed by atoms with Gasteiger partial charge in [-0.05, 0) is 77.1 Å². The lowest BCUT2D eigenvalue weighted by Crippen LogP contribution is -2.60. The van der Waals surface area contributed by atoms with Crippen LogP contribution in [0.5, 0.6) is 5.75 Å². The van der Waals surface area contributed by atoms with E-state index in [1.165, 1.54) is 0 Å². The van der Waals surface area contributed by atoms with Gasteiger partial charge in [0.15, 0.2) is 0 Å². The van der Waals surface area contributed by atoms with Crippen molar-refractivity contribution in [1.82, 2.24) is 9.80 Å². The number of ether oxygens (including phenoxy) is 1. The van der Waals surface area contributed by atoms with E-state index in [2.05, 4.69) is 20.1 Å². The highest BCUT2D eigenvalue weighted by Crippen LogP contribution is 2.69. The van der Waals surface area contributed by atoms with Gasteiger partial charge in [0.05, 0.1) is 23.2 Å². The summed E-state index contributed by atoms with van der Waals surface area (Å²) in [5.74, 6) is -0.529. The molecule has 3 unspecified atom stereocenters. The van der Waals surface area contributed by atoms with Crippen molar-refractivity contribution in [3.8, 4) is 5.75 Å². The first-order valence-corrected chi connectivity index (χ1v) is 17.0. The predicted octanol–water partition coefficient (Wildman–Crippen LogP) is 5.31. The summed E-state index contributed by atoms with van der Waals surface area (Å²) in [5, 5.41) is 9.19. The highest BCUT2D eigenvalue weighted by Gasteiger charge is 2.76. The van der Waals surface area contributed by atoms with Gasteiger partial charge in [-0.2, -0.15) is 0 Å². The average molecular weight is 626 g/mol. The van der Waals surface area contributed by atoms with E-state index < -0.39 is 28.2 Å². The van der Waals surface area contributed by atoms with Crippen LogP contribution in [-0.2, 0) is 14.4 Å². The number of unbranched alkanes of at least 4 members (excludes halogenated alkanes) is 3. The molecule has 3 saturated heterocycles. The molecule has 1 spiro atoms. The zero-order valence-electron chi connectivity index (χ0n) is 27.2. The minimum absolute atomic E-state index is 0.0500. The minimum Gasteiger partial charge on any atom is -0.494 e. The third-order valence-electron chi connectivity index (χ3n) is 9.50. The number of thioether (sulfide) groups is 1. The summed E-state index contributed by atoms with van der Waals surface area (Å²) in [7, 11) is 0. The van der Waals surface area contributed by atoms with Gasteiger partial charge in [-0.25, -0.2) is 0 Å². The van der Waals surface area contributed by atoms with Crippen molar-refractivity contribution >= 4 is 35.2 Å². The third kappa shape index (κ3) is 6.19. The molecule has 44 heavy (non-hydrogen) atoms. The van der Waals surface area contributed by atoms with Gasteiger partial charge in [0, 0.05) is 42.7 Å². The van der Waals surface area contributed by atoms with Crippen molar-refractivity contribution in [3.05, 3.63) is 49.6 Å². The van der Waals surface area contributed by atoms with E-state index in [1.54, 1.807) is 28.8 Å². The Morgan fingerprint density at radius 2 is 1.75 bits per heavy atom. The quantitative estimate of drug-likeness (QED) is 0.210. The van der Waals surface area contributed by atoms with Crippen molar-refractivity contribution < 1.29 is 24.2 Å². The maximum Gasteiger partial charge on any atom is 0.247 e. The monoisotopic (exact) mass is 625 g/mol. The molecule has 3 amide bonds. The first-order chi connectivity index (χ1) is 21.0. The van der Waals surface area contributed by atoms with Crippen LogP contribution in [0.1, 0.15) is 66.7 Å². The smallest absolute Gasteiger partial charge is 0.247 e. The molecule has 2 bridgehead atoms.